The number of sulfone groups is 1. The van der Waals surface area contributed by atoms with Crippen molar-refractivity contribution in [2.45, 2.75) is 63.1 Å². The Morgan fingerprint density at radius 2 is 1.96 bits per heavy atom. The van der Waals surface area contributed by atoms with E-state index < -0.39 is 15.4 Å². The topological polar surface area (TPSA) is 95.9 Å². The Hall–Kier alpha value is -0.700. The molecule has 0 spiro atoms. The summed E-state index contributed by atoms with van der Waals surface area (Å²) in [5.41, 5.74) is -0.484. The smallest absolute Gasteiger partial charge is 0.237 e. The number of carbonyl (C=O) groups excluding carboxylic acids is 1. The molecular weight excluding hydrogens is 344 g/mol. The maximum Gasteiger partial charge on any atom is 0.237 e. The lowest BCUT2D eigenvalue weighted by molar-refractivity contribution is -0.135. The molecule has 0 unspecified atom stereocenters. The summed E-state index contributed by atoms with van der Waals surface area (Å²) in [7, 11) is -1.44. The summed E-state index contributed by atoms with van der Waals surface area (Å²) in [6.45, 7) is 2.45. The summed E-state index contributed by atoms with van der Waals surface area (Å²) < 4.78 is 28.9. The quantitative estimate of drug-likeness (QED) is 0.602. The van der Waals surface area contributed by atoms with Crippen molar-refractivity contribution in [2.24, 2.45) is 0 Å². The number of nitrogens with one attached hydrogen (secondary N) is 1. The van der Waals surface area contributed by atoms with Gasteiger partial charge in [-0.1, -0.05) is 12.8 Å². The van der Waals surface area contributed by atoms with Crippen molar-refractivity contribution in [3.63, 3.8) is 0 Å². The van der Waals surface area contributed by atoms with Gasteiger partial charge in [-0.25, -0.2) is 8.42 Å². The molecule has 1 saturated heterocycles. The summed E-state index contributed by atoms with van der Waals surface area (Å²) in [4.78, 5) is 14.8. The second kappa shape index (κ2) is 8.79. The van der Waals surface area contributed by atoms with Crippen LogP contribution in [0.15, 0.2) is 0 Å². The molecule has 0 radical (unpaired) electrons. The molecule has 25 heavy (non-hydrogen) atoms. The van der Waals surface area contributed by atoms with E-state index >= 15 is 0 Å². The number of hydrogen-bond acceptors (Lipinski definition) is 6. The van der Waals surface area contributed by atoms with Crippen LogP contribution in [0.25, 0.3) is 0 Å². The number of carbonyl (C=O) groups is 1. The Labute approximate surface area is 151 Å². The standard InChI is InChI=1S/C17H32N2O5S/c1-17(8-9-20,13-24-2)18-11-16(21)19(14-5-3-4-6-14)15-7-10-25(22,23)12-15/h14-15,18,20H,3-13H2,1-2H3/t15-,17+/m0/s1. The summed E-state index contributed by atoms with van der Waals surface area (Å²) in [6, 6.07) is -0.0481. The lowest BCUT2D eigenvalue weighted by Crippen LogP contribution is -2.55. The largest absolute Gasteiger partial charge is 0.396 e. The minimum Gasteiger partial charge on any atom is -0.396 e. The van der Waals surface area contributed by atoms with E-state index in [9.17, 15) is 18.3 Å². The molecule has 1 amide bonds. The van der Waals surface area contributed by atoms with Gasteiger partial charge in [0.05, 0.1) is 24.7 Å². The number of hydrogen-bond donors (Lipinski definition) is 2. The molecule has 0 bridgehead atoms. The minimum atomic E-state index is -3.03. The zero-order valence-electron chi connectivity index (χ0n) is 15.4. The zero-order chi connectivity index (χ0) is 18.5. The van der Waals surface area contributed by atoms with Gasteiger partial charge in [0.15, 0.2) is 9.84 Å². The maximum absolute atomic E-state index is 12.9. The number of aliphatic hydroxyl groups is 1. The van der Waals surface area contributed by atoms with E-state index in [-0.39, 0.29) is 42.6 Å². The van der Waals surface area contributed by atoms with Gasteiger partial charge in [-0.3, -0.25) is 4.79 Å². The first kappa shape index (κ1) is 20.6. The Morgan fingerprint density at radius 3 is 2.48 bits per heavy atom. The fourth-order valence-electron chi connectivity index (χ4n) is 4.04. The lowest BCUT2D eigenvalue weighted by atomic mass is 9.99. The first-order valence-corrected chi connectivity index (χ1v) is 11.0. The lowest BCUT2D eigenvalue weighted by Gasteiger charge is -2.36. The van der Waals surface area contributed by atoms with E-state index in [1.54, 1.807) is 7.11 Å². The minimum absolute atomic E-state index is 0.00819. The highest BCUT2D eigenvalue weighted by Crippen LogP contribution is 2.29. The molecule has 1 heterocycles. The molecule has 1 aliphatic heterocycles. The zero-order valence-corrected chi connectivity index (χ0v) is 16.2. The van der Waals surface area contributed by atoms with E-state index in [0.717, 1.165) is 25.7 Å². The van der Waals surface area contributed by atoms with E-state index in [0.29, 0.717) is 19.4 Å². The molecule has 2 fully saturated rings. The molecule has 1 aliphatic carbocycles. The van der Waals surface area contributed by atoms with Crippen molar-refractivity contribution in [3.05, 3.63) is 0 Å². The van der Waals surface area contributed by atoms with Gasteiger partial charge >= 0.3 is 0 Å². The average molecular weight is 377 g/mol. The first-order valence-electron chi connectivity index (χ1n) is 9.17. The maximum atomic E-state index is 12.9. The van der Waals surface area contributed by atoms with Gasteiger partial charge in [0.1, 0.15) is 0 Å². The van der Waals surface area contributed by atoms with Crippen LogP contribution in [0.5, 0.6) is 0 Å². The molecular formula is C17H32N2O5S. The fourth-order valence-corrected chi connectivity index (χ4v) is 5.75. The number of rotatable bonds is 9. The molecule has 2 aliphatic rings. The van der Waals surface area contributed by atoms with Crippen LogP contribution in [0.4, 0.5) is 0 Å². The third-order valence-electron chi connectivity index (χ3n) is 5.40. The molecule has 146 valence electrons. The second-order valence-electron chi connectivity index (χ2n) is 7.62. The van der Waals surface area contributed by atoms with Gasteiger partial charge in [-0.2, -0.15) is 0 Å². The molecule has 0 aromatic carbocycles. The van der Waals surface area contributed by atoms with Gasteiger partial charge in [-0.05, 0) is 32.6 Å². The fraction of sp³-hybridized carbons (Fsp3) is 0.941. The monoisotopic (exact) mass is 376 g/mol. The van der Waals surface area contributed by atoms with E-state index in [1.807, 2.05) is 11.8 Å². The molecule has 1 saturated carbocycles. The number of ether oxygens (including phenoxy) is 1. The van der Waals surface area contributed by atoms with Crippen LogP contribution in [-0.2, 0) is 19.4 Å². The Morgan fingerprint density at radius 1 is 1.28 bits per heavy atom. The summed E-state index contributed by atoms with van der Waals surface area (Å²) >= 11 is 0. The van der Waals surface area contributed by atoms with Gasteiger partial charge in [0.2, 0.25) is 5.91 Å². The number of nitrogens with zero attached hydrogens (tertiary/aromatic N) is 1. The Bertz CT molecular complexity index is 539. The van der Waals surface area contributed by atoms with Crippen LogP contribution in [-0.4, -0.2) is 80.3 Å². The average Bonchev–Trinajstić information content (AvgIpc) is 3.16. The molecule has 7 nitrogen and oxygen atoms in total. The van der Waals surface area contributed by atoms with Crippen LogP contribution in [0.2, 0.25) is 0 Å². The Kier molecular flexibility index (Phi) is 7.25. The van der Waals surface area contributed by atoms with Crippen molar-refractivity contribution < 1.29 is 23.1 Å². The number of amides is 1. The summed E-state index contributed by atoms with van der Waals surface area (Å²) in [5.74, 6) is 0.212. The number of aliphatic hydroxyl groups excluding tert-OH is 1. The molecule has 8 heteroatoms. The SMILES string of the molecule is COC[C@@](C)(CCO)NCC(=O)N(C1CCCC1)[C@H]1CCS(=O)(=O)C1. The predicted octanol–water partition coefficient (Wildman–Crippen LogP) is 0.322. The van der Waals surface area contributed by atoms with E-state index in [1.165, 1.54) is 0 Å². The van der Waals surface area contributed by atoms with Gasteiger partial charge in [0.25, 0.3) is 0 Å². The van der Waals surface area contributed by atoms with Gasteiger partial charge in [-0.15, -0.1) is 0 Å². The molecule has 2 rings (SSSR count). The summed E-state index contributed by atoms with van der Waals surface area (Å²) in [5, 5.41) is 12.5. The molecule has 2 N–H and O–H groups in total. The second-order valence-corrected chi connectivity index (χ2v) is 9.85. The highest BCUT2D eigenvalue weighted by Gasteiger charge is 2.39. The number of methoxy groups -OCH3 is 1. The predicted molar refractivity (Wildman–Crippen MR) is 96.1 cm³/mol. The Balaban J connectivity index is 2.05. The summed E-state index contributed by atoms with van der Waals surface area (Å²) in [6.07, 6.45) is 5.11. The third kappa shape index (κ3) is 5.64. The molecule has 0 aromatic rings. The molecule has 0 aromatic heterocycles. The highest BCUT2D eigenvalue weighted by atomic mass is 32.2. The van der Waals surface area contributed by atoms with Crippen LogP contribution in [0.3, 0.4) is 0 Å². The normalized spacial score (nSPS) is 25.8. The van der Waals surface area contributed by atoms with Crippen molar-refractivity contribution in [2.75, 3.05) is 38.4 Å². The van der Waals surface area contributed by atoms with Crippen molar-refractivity contribution in [1.29, 1.82) is 0 Å². The first-order chi connectivity index (χ1) is 11.8. The van der Waals surface area contributed by atoms with E-state index in [2.05, 4.69) is 5.32 Å². The molecule has 2 atom stereocenters. The van der Waals surface area contributed by atoms with Crippen LogP contribution >= 0.6 is 0 Å². The van der Waals surface area contributed by atoms with Crippen molar-refractivity contribution in [1.82, 2.24) is 10.2 Å². The highest BCUT2D eigenvalue weighted by molar-refractivity contribution is 7.91. The van der Waals surface area contributed by atoms with Crippen molar-refractivity contribution in [3.8, 4) is 0 Å². The van der Waals surface area contributed by atoms with Crippen LogP contribution in [0.1, 0.15) is 45.4 Å². The van der Waals surface area contributed by atoms with Crippen molar-refractivity contribution >= 4 is 15.7 Å². The van der Waals surface area contributed by atoms with E-state index in [4.69, 9.17) is 4.74 Å². The van der Waals surface area contributed by atoms with Gasteiger partial charge < -0.3 is 20.1 Å². The third-order valence-corrected chi connectivity index (χ3v) is 7.15. The van der Waals surface area contributed by atoms with Crippen LogP contribution < -0.4 is 5.32 Å². The van der Waals surface area contributed by atoms with Gasteiger partial charge in [0, 0.05) is 31.3 Å². The van der Waals surface area contributed by atoms with Crippen LogP contribution in [0, 0.1) is 0 Å².